The third kappa shape index (κ3) is 4.45. The summed E-state index contributed by atoms with van der Waals surface area (Å²) in [5, 5.41) is 2.83. The molecule has 2 aromatic carbocycles. The first-order chi connectivity index (χ1) is 10.5. The van der Waals surface area contributed by atoms with E-state index >= 15 is 0 Å². The third-order valence-electron chi connectivity index (χ3n) is 2.99. The number of halogens is 2. The van der Waals surface area contributed by atoms with Gasteiger partial charge in [0.25, 0.3) is 0 Å². The molecule has 3 nitrogen and oxygen atoms in total. The summed E-state index contributed by atoms with van der Waals surface area (Å²) in [6.45, 7) is 2.00. The van der Waals surface area contributed by atoms with Gasteiger partial charge in [-0.2, -0.15) is 0 Å². The monoisotopic (exact) mass is 423 g/mol. The molecule has 1 amide bonds. The number of benzene rings is 2. The Morgan fingerprint density at radius 2 is 1.95 bits per heavy atom. The molecule has 0 aliphatic rings. The molecule has 0 unspecified atom stereocenters. The van der Waals surface area contributed by atoms with Crippen LogP contribution < -0.4 is 10.1 Å². The lowest BCUT2D eigenvalue weighted by molar-refractivity contribution is -0.111. The van der Waals surface area contributed by atoms with Gasteiger partial charge in [0, 0.05) is 20.6 Å². The number of hydrogen-bond donors (Lipinski definition) is 1. The zero-order valence-electron chi connectivity index (χ0n) is 12.2. The molecule has 0 aliphatic heterocycles. The van der Waals surface area contributed by atoms with Crippen molar-refractivity contribution in [1.82, 2.24) is 0 Å². The Morgan fingerprint density at radius 1 is 1.18 bits per heavy atom. The third-order valence-corrected chi connectivity index (χ3v) is 4.14. The maximum absolute atomic E-state index is 12.0. The average molecular weight is 425 g/mol. The fourth-order valence-electron chi connectivity index (χ4n) is 1.90. The minimum Gasteiger partial charge on any atom is -0.496 e. The Hall–Kier alpha value is -1.59. The average Bonchev–Trinajstić information content (AvgIpc) is 2.48. The van der Waals surface area contributed by atoms with Gasteiger partial charge in [0.2, 0.25) is 5.91 Å². The molecule has 2 aromatic rings. The van der Waals surface area contributed by atoms with Crippen LogP contribution in [0, 0.1) is 6.92 Å². The zero-order chi connectivity index (χ0) is 16.1. The second kappa shape index (κ2) is 7.61. The highest BCUT2D eigenvalue weighted by Gasteiger charge is 2.04. The van der Waals surface area contributed by atoms with E-state index in [0.29, 0.717) is 5.75 Å². The number of anilines is 1. The summed E-state index contributed by atoms with van der Waals surface area (Å²) in [5.74, 6) is 0.510. The minimum absolute atomic E-state index is 0.202. The van der Waals surface area contributed by atoms with Gasteiger partial charge in [-0.05, 0) is 64.8 Å². The van der Waals surface area contributed by atoms with E-state index in [1.54, 1.807) is 13.2 Å². The molecule has 0 fully saturated rings. The minimum atomic E-state index is -0.202. The normalized spacial score (nSPS) is 10.7. The Balaban J connectivity index is 2.13. The Labute approximate surface area is 146 Å². The fourth-order valence-corrected chi connectivity index (χ4v) is 2.87. The summed E-state index contributed by atoms with van der Waals surface area (Å²) < 4.78 is 7.05. The Kier molecular flexibility index (Phi) is 5.80. The number of amides is 1. The van der Waals surface area contributed by atoms with Gasteiger partial charge in [-0.15, -0.1) is 0 Å². The molecular weight excluding hydrogens is 410 g/mol. The predicted octanol–water partition coefficient (Wildman–Crippen LogP) is 5.18. The van der Waals surface area contributed by atoms with Crippen LogP contribution in [0.2, 0.25) is 0 Å². The highest BCUT2D eigenvalue weighted by atomic mass is 79.9. The van der Waals surface area contributed by atoms with E-state index in [1.165, 1.54) is 6.08 Å². The first-order valence-electron chi connectivity index (χ1n) is 6.58. The van der Waals surface area contributed by atoms with Crippen LogP contribution in [0.1, 0.15) is 11.1 Å². The Morgan fingerprint density at radius 3 is 2.64 bits per heavy atom. The summed E-state index contributed by atoms with van der Waals surface area (Å²) in [7, 11) is 1.60. The van der Waals surface area contributed by atoms with E-state index in [1.807, 2.05) is 43.3 Å². The standard InChI is InChI=1S/C17H15Br2NO2/c1-11-3-6-15(14(19)9-11)20-17(21)8-4-12-10-13(18)5-7-16(12)22-2/h3-10H,1-2H3,(H,20,21)/b8-4+. The highest BCUT2D eigenvalue weighted by Crippen LogP contribution is 2.25. The molecule has 0 atom stereocenters. The molecule has 2 rings (SSSR count). The topological polar surface area (TPSA) is 38.3 Å². The number of aryl methyl sites for hydroxylation is 1. The van der Waals surface area contributed by atoms with Gasteiger partial charge in [0.05, 0.1) is 12.8 Å². The van der Waals surface area contributed by atoms with E-state index in [-0.39, 0.29) is 5.91 Å². The number of ether oxygens (including phenoxy) is 1. The van der Waals surface area contributed by atoms with Crippen LogP contribution in [0.5, 0.6) is 5.75 Å². The highest BCUT2D eigenvalue weighted by molar-refractivity contribution is 9.10. The molecule has 0 saturated carbocycles. The molecule has 1 N–H and O–H groups in total. The van der Waals surface area contributed by atoms with E-state index in [4.69, 9.17) is 4.74 Å². The van der Waals surface area contributed by atoms with Crippen molar-refractivity contribution in [2.45, 2.75) is 6.92 Å². The van der Waals surface area contributed by atoms with Gasteiger partial charge in [-0.1, -0.05) is 22.0 Å². The van der Waals surface area contributed by atoms with Crippen molar-refractivity contribution in [1.29, 1.82) is 0 Å². The lowest BCUT2D eigenvalue weighted by Gasteiger charge is -2.07. The van der Waals surface area contributed by atoms with Crippen molar-refractivity contribution in [3.8, 4) is 5.75 Å². The summed E-state index contributed by atoms with van der Waals surface area (Å²) in [6, 6.07) is 11.4. The molecule has 0 heterocycles. The lowest BCUT2D eigenvalue weighted by Crippen LogP contribution is -2.08. The van der Waals surface area contributed by atoms with Crippen LogP contribution in [0.25, 0.3) is 6.08 Å². The molecule has 0 spiro atoms. The summed E-state index contributed by atoms with van der Waals surface area (Å²) >= 11 is 6.85. The summed E-state index contributed by atoms with van der Waals surface area (Å²) in [6.07, 6.45) is 3.21. The van der Waals surface area contributed by atoms with Crippen molar-refractivity contribution < 1.29 is 9.53 Å². The molecule has 0 aromatic heterocycles. The summed E-state index contributed by atoms with van der Waals surface area (Å²) in [4.78, 5) is 12.0. The lowest BCUT2D eigenvalue weighted by atomic mass is 10.2. The van der Waals surface area contributed by atoms with Crippen molar-refractivity contribution in [3.63, 3.8) is 0 Å². The van der Waals surface area contributed by atoms with Crippen LogP contribution in [-0.2, 0) is 4.79 Å². The number of rotatable bonds is 4. The van der Waals surface area contributed by atoms with E-state index in [9.17, 15) is 4.79 Å². The van der Waals surface area contributed by atoms with Gasteiger partial charge >= 0.3 is 0 Å². The summed E-state index contributed by atoms with van der Waals surface area (Å²) in [5.41, 5.74) is 2.69. The van der Waals surface area contributed by atoms with Crippen molar-refractivity contribution in [2.75, 3.05) is 12.4 Å². The van der Waals surface area contributed by atoms with Gasteiger partial charge in [-0.25, -0.2) is 0 Å². The van der Waals surface area contributed by atoms with Gasteiger partial charge in [0.1, 0.15) is 5.75 Å². The van der Waals surface area contributed by atoms with Gasteiger partial charge in [-0.3, -0.25) is 4.79 Å². The largest absolute Gasteiger partial charge is 0.496 e. The number of carbonyl (C=O) groups is 1. The molecule has 0 saturated heterocycles. The fraction of sp³-hybridized carbons (Fsp3) is 0.118. The van der Waals surface area contributed by atoms with E-state index in [2.05, 4.69) is 37.2 Å². The van der Waals surface area contributed by atoms with Crippen LogP contribution in [-0.4, -0.2) is 13.0 Å². The van der Waals surface area contributed by atoms with Crippen molar-refractivity contribution >= 4 is 49.5 Å². The second-order valence-electron chi connectivity index (χ2n) is 4.69. The van der Waals surface area contributed by atoms with E-state index < -0.39 is 0 Å². The predicted molar refractivity (Wildman–Crippen MR) is 97.2 cm³/mol. The van der Waals surface area contributed by atoms with Crippen molar-refractivity contribution in [2.24, 2.45) is 0 Å². The first-order valence-corrected chi connectivity index (χ1v) is 8.17. The van der Waals surface area contributed by atoms with Crippen LogP contribution >= 0.6 is 31.9 Å². The SMILES string of the molecule is COc1ccc(Br)cc1/C=C/C(=O)Nc1ccc(C)cc1Br. The molecule has 22 heavy (non-hydrogen) atoms. The van der Waals surface area contributed by atoms with Crippen LogP contribution in [0.4, 0.5) is 5.69 Å². The molecule has 5 heteroatoms. The zero-order valence-corrected chi connectivity index (χ0v) is 15.4. The maximum atomic E-state index is 12.0. The van der Waals surface area contributed by atoms with Gasteiger partial charge < -0.3 is 10.1 Å². The number of carbonyl (C=O) groups excluding carboxylic acids is 1. The second-order valence-corrected chi connectivity index (χ2v) is 6.46. The van der Waals surface area contributed by atoms with Crippen molar-refractivity contribution in [3.05, 3.63) is 62.5 Å². The molecule has 0 bridgehead atoms. The Bertz CT molecular complexity index is 727. The number of methoxy groups -OCH3 is 1. The molecule has 0 aliphatic carbocycles. The molecule has 114 valence electrons. The number of hydrogen-bond acceptors (Lipinski definition) is 2. The van der Waals surface area contributed by atoms with E-state index in [0.717, 1.165) is 25.8 Å². The first kappa shape index (κ1) is 16.8. The van der Waals surface area contributed by atoms with Crippen LogP contribution in [0.3, 0.4) is 0 Å². The quantitative estimate of drug-likeness (QED) is 0.686. The van der Waals surface area contributed by atoms with Crippen LogP contribution in [0.15, 0.2) is 51.4 Å². The number of nitrogens with one attached hydrogen (secondary N) is 1. The molecule has 0 radical (unpaired) electrons. The van der Waals surface area contributed by atoms with Gasteiger partial charge in [0.15, 0.2) is 0 Å². The smallest absolute Gasteiger partial charge is 0.248 e. The maximum Gasteiger partial charge on any atom is 0.248 e. The molecular formula is C17H15Br2NO2.